The van der Waals surface area contributed by atoms with Gasteiger partial charge >= 0.3 is 5.69 Å². The molecule has 2 heterocycles. The first-order chi connectivity index (χ1) is 13.3. The molecule has 0 aliphatic heterocycles. The van der Waals surface area contributed by atoms with E-state index in [2.05, 4.69) is 10.3 Å². The number of fused-ring (bicyclic) bond motifs is 1. The van der Waals surface area contributed by atoms with Crippen LogP contribution >= 0.6 is 0 Å². The quantitative estimate of drug-likeness (QED) is 0.722. The van der Waals surface area contributed by atoms with E-state index < -0.39 is 17.2 Å². The Morgan fingerprint density at radius 1 is 1.21 bits per heavy atom. The second kappa shape index (κ2) is 7.67. The second-order valence-corrected chi connectivity index (χ2v) is 6.57. The number of pyridine rings is 1. The summed E-state index contributed by atoms with van der Waals surface area (Å²) < 4.78 is 7.83. The molecule has 8 heteroatoms. The van der Waals surface area contributed by atoms with Crippen LogP contribution in [0, 0.1) is 6.92 Å². The van der Waals surface area contributed by atoms with Gasteiger partial charge in [-0.25, -0.2) is 9.78 Å². The average Bonchev–Trinajstić information content (AvgIpc) is 2.69. The van der Waals surface area contributed by atoms with Crippen molar-refractivity contribution in [3.63, 3.8) is 0 Å². The maximum atomic E-state index is 12.7. The summed E-state index contributed by atoms with van der Waals surface area (Å²) in [5, 5.41) is 2.97. The summed E-state index contributed by atoms with van der Waals surface area (Å²) in [7, 11) is 2.93. The van der Waals surface area contributed by atoms with Crippen molar-refractivity contribution in [2.45, 2.75) is 20.3 Å². The lowest BCUT2D eigenvalue weighted by Crippen LogP contribution is -2.38. The number of rotatable bonds is 5. The lowest BCUT2D eigenvalue weighted by Gasteiger charge is -2.15. The van der Waals surface area contributed by atoms with Gasteiger partial charge in [-0.05, 0) is 36.6 Å². The number of carbonyl (C=O) groups excluding carboxylic acids is 1. The summed E-state index contributed by atoms with van der Waals surface area (Å²) in [6, 6.07) is 7.38. The highest BCUT2D eigenvalue weighted by molar-refractivity contribution is 6.01. The van der Waals surface area contributed by atoms with Crippen molar-refractivity contribution >= 4 is 22.6 Å². The number of hydrogen-bond donors (Lipinski definition) is 1. The van der Waals surface area contributed by atoms with E-state index in [0.717, 1.165) is 10.1 Å². The topological polar surface area (TPSA) is 95.2 Å². The molecule has 3 rings (SSSR count). The van der Waals surface area contributed by atoms with Crippen LogP contribution in [0.4, 0.5) is 5.69 Å². The van der Waals surface area contributed by atoms with E-state index in [1.165, 1.54) is 18.7 Å². The molecule has 28 heavy (non-hydrogen) atoms. The number of anilines is 1. The Morgan fingerprint density at radius 2 is 1.96 bits per heavy atom. The number of nitrogens with zero attached hydrogens (tertiary/aromatic N) is 3. The minimum Gasteiger partial charge on any atom is -0.484 e. The number of aromatic nitrogens is 3. The largest absolute Gasteiger partial charge is 0.484 e. The maximum Gasteiger partial charge on any atom is 0.332 e. The van der Waals surface area contributed by atoms with Gasteiger partial charge in [-0.3, -0.25) is 18.7 Å². The smallest absolute Gasteiger partial charge is 0.332 e. The third kappa shape index (κ3) is 3.53. The van der Waals surface area contributed by atoms with Crippen molar-refractivity contribution in [3.8, 4) is 5.75 Å². The van der Waals surface area contributed by atoms with E-state index >= 15 is 0 Å². The van der Waals surface area contributed by atoms with Gasteiger partial charge in [0, 0.05) is 20.3 Å². The molecule has 146 valence electrons. The number of amides is 1. The Labute approximate surface area is 161 Å². The van der Waals surface area contributed by atoms with Gasteiger partial charge in [-0.2, -0.15) is 0 Å². The molecule has 0 aliphatic rings. The third-order valence-corrected chi connectivity index (χ3v) is 4.55. The van der Waals surface area contributed by atoms with Gasteiger partial charge in [0.25, 0.3) is 11.5 Å². The molecule has 3 aromatic rings. The van der Waals surface area contributed by atoms with Crippen molar-refractivity contribution in [2.24, 2.45) is 14.1 Å². The van der Waals surface area contributed by atoms with Gasteiger partial charge < -0.3 is 10.1 Å². The molecular weight excluding hydrogens is 360 g/mol. The Hall–Kier alpha value is -3.42. The molecule has 1 amide bonds. The molecule has 0 saturated heterocycles. The number of ether oxygens (including phenoxy) is 1. The number of hydrogen-bond acceptors (Lipinski definition) is 5. The minimum absolute atomic E-state index is 0.202. The van der Waals surface area contributed by atoms with Gasteiger partial charge in [0.05, 0.1) is 5.69 Å². The summed E-state index contributed by atoms with van der Waals surface area (Å²) in [4.78, 5) is 41.6. The molecule has 2 aromatic heterocycles. The van der Waals surface area contributed by atoms with Gasteiger partial charge in [0.15, 0.2) is 12.3 Å². The molecule has 0 unspecified atom stereocenters. The molecule has 0 aliphatic carbocycles. The zero-order chi connectivity index (χ0) is 20.4. The van der Waals surface area contributed by atoms with Crippen LogP contribution < -0.4 is 21.3 Å². The van der Waals surface area contributed by atoms with E-state index in [-0.39, 0.29) is 17.6 Å². The lowest BCUT2D eigenvalue weighted by atomic mass is 10.1. The number of nitrogens with one attached hydrogen (secondary N) is 1. The molecule has 8 nitrogen and oxygen atoms in total. The van der Waals surface area contributed by atoms with E-state index in [1.54, 1.807) is 12.3 Å². The monoisotopic (exact) mass is 382 g/mol. The molecule has 0 bridgehead atoms. The third-order valence-electron chi connectivity index (χ3n) is 4.55. The molecule has 0 radical (unpaired) electrons. The average molecular weight is 382 g/mol. The van der Waals surface area contributed by atoms with Crippen LogP contribution in [0.1, 0.15) is 18.1 Å². The lowest BCUT2D eigenvalue weighted by molar-refractivity contribution is -0.118. The first kappa shape index (κ1) is 19.3. The fourth-order valence-corrected chi connectivity index (χ4v) is 3.01. The van der Waals surface area contributed by atoms with Crippen LogP contribution in [-0.4, -0.2) is 26.6 Å². The predicted octanol–water partition coefficient (Wildman–Crippen LogP) is 1.52. The van der Waals surface area contributed by atoms with Crippen molar-refractivity contribution in [2.75, 3.05) is 11.9 Å². The normalized spacial score (nSPS) is 10.9. The summed E-state index contributed by atoms with van der Waals surface area (Å²) >= 11 is 0. The first-order valence-corrected chi connectivity index (χ1v) is 8.90. The van der Waals surface area contributed by atoms with Crippen LogP contribution in [0.5, 0.6) is 5.75 Å². The predicted molar refractivity (Wildman–Crippen MR) is 107 cm³/mol. The second-order valence-electron chi connectivity index (χ2n) is 6.57. The van der Waals surface area contributed by atoms with Gasteiger partial charge in [0.1, 0.15) is 11.1 Å². The summed E-state index contributed by atoms with van der Waals surface area (Å²) in [5.41, 5.74) is 1.33. The van der Waals surface area contributed by atoms with Gasteiger partial charge in [0.2, 0.25) is 0 Å². The standard InChI is InChI=1S/C20H22N4O4/c1-5-13-10-21-18-16(19(26)24(4)20(27)23(18)3)17(13)22-15(25)11-28-14-8-6-7-12(2)9-14/h6-10H,5,11H2,1-4H3,(H,21,22,25). The molecule has 0 saturated carbocycles. The van der Waals surface area contributed by atoms with Crippen molar-refractivity contribution in [3.05, 3.63) is 62.4 Å². The van der Waals surface area contributed by atoms with Crippen LogP contribution in [-0.2, 0) is 25.3 Å². The summed E-state index contributed by atoms with van der Waals surface area (Å²) in [5.74, 6) is 0.184. The van der Waals surface area contributed by atoms with Crippen LogP contribution in [0.3, 0.4) is 0 Å². The highest BCUT2D eigenvalue weighted by Crippen LogP contribution is 2.23. The number of carbonyl (C=O) groups is 1. The van der Waals surface area contributed by atoms with Gasteiger partial charge in [-0.1, -0.05) is 19.1 Å². The SMILES string of the molecule is CCc1cnc2c(c1NC(=O)COc1cccc(C)c1)c(=O)n(C)c(=O)n2C. The zero-order valence-corrected chi connectivity index (χ0v) is 16.3. The maximum absolute atomic E-state index is 12.7. The summed E-state index contributed by atoms with van der Waals surface area (Å²) in [6.45, 7) is 3.63. The Balaban J connectivity index is 1.98. The number of aryl methyl sites for hydroxylation is 3. The van der Waals surface area contributed by atoms with E-state index in [0.29, 0.717) is 23.4 Å². The number of benzene rings is 1. The fourth-order valence-electron chi connectivity index (χ4n) is 3.01. The first-order valence-electron chi connectivity index (χ1n) is 8.90. The van der Waals surface area contributed by atoms with Crippen LogP contribution in [0.2, 0.25) is 0 Å². The molecule has 0 fully saturated rings. The van der Waals surface area contributed by atoms with Crippen LogP contribution in [0.15, 0.2) is 40.1 Å². The highest BCUT2D eigenvalue weighted by Gasteiger charge is 2.18. The Bertz CT molecular complexity index is 1180. The fraction of sp³-hybridized carbons (Fsp3) is 0.300. The van der Waals surface area contributed by atoms with E-state index in [4.69, 9.17) is 4.74 Å². The van der Waals surface area contributed by atoms with Crippen LogP contribution in [0.25, 0.3) is 11.0 Å². The van der Waals surface area contributed by atoms with Crippen molar-refractivity contribution < 1.29 is 9.53 Å². The van der Waals surface area contributed by atoms with Crippen molar-refractivity contribution in [1.82, 2.24) is 14.1 Å². The Morgan fingerprint density at radius 3 is 2.64 bits per heavy atom. The van der Waals surface area contributed by atoms with Crippen molar-refractivity contribution in [1.29, 1.82) is 0 Å². The van der Waals surface area contributed by atoms with Gasteiger partial charge in [-0.15, -0.1) is 0 Å². The molecule has 1 aromatic carbocycles. The molecule has 1 N–H and O–H groups in total. The molecule has 0 atom stereocenters. The Kier molecular flexibility index (Phi) is 5.30. The zero-order valence-electron chi connectivity index (χ0n) is 16.3. The molecule has 0 spiro atoms. The summed E-state index contributed by atoms with van der Waals surface area (Å²) in [6.07, 6.45) is 2.13. The van der Waals surface area contributed by atoms with E-state index in [9.17, 15) is 14.4 Å². The minimum atomic E-state index is -0.504. The molecular formula is C20H22N4O4. The van der Waals surface area contributed by atoms with E-state index in [1.807, 2.05) is 32.0 Å². The highest BCUT2D eigenvalue weighted by atomic mass is 16.5.